The lowest BCUT2D eigenvalue weighted by Crippen LogP contribution is -2.46. The van der Waals surface area contributed by atoms with Crippen LogP contribution < -0.4 is 5.32 Å². The Labute approximate surface area is 372 Å². The Morgan fingerprint density at radius 1 is 0.517 bits per heavy atom. The summed E-state index contributed by atoms with van der Waals surface area (Å²) < 4.78 is 5.82. The number of ether oxygens (including phenoxy) is 1. The number of aliphatic hydroxyl groups is 2. The van der Waals surface area contributed by atoms with Crippen LogP contribution in [0.25, 0.3) is 0 Å². The number of unbranched alkanes of at least 4 members (excludes halogenated alkanes) is 28. The molecule has 0 rings (SSSR count). The Bertz CT molecular complexity index is 1040. The number of aliphatic hydroxyl groups excluding tert-OH is 2. The first kappa shape index (κ1) is 57.8. The van der Waals surface area contributed by atoms with E-state index in [2.05, 4.69) is 62.5 Å². The molecule has 0 aliphatic carbocycles. The molecule has 0 spiro atoms. The lowest BCUT2D eigenvalue weighted by Gasteiger charge is -2.23. The monoisotopic (exact) mass is 842 g/mol. The van der Waals surface area contributed by atoms with Crippen LogP contribution in [-0.2, 0) is 14.3 Å². The first-order chi connectivity index (χ1) is 29.5. The fraction of sp³-hybridized carbons (Fsp3) is 0.815. The predicted octanol–water partition coefficient (Wildman–Crippen LogP) is 15.5. The van der Waals surface area contributed by atoms with Crippen LogP contribution in [-0.4, -0.2) is 46.9 Å². The van der Waals surface area contributed by atoms with Crippen LogP contribution in [0.4, 0.5) is 0 Å². The zero-order valence-electron chi connectivity index (χ0n) is 39.8. The maximum absolute atomic E-state index is 13.2. The molecule has 0 radical (unpaired) electrons. The molecule has 0 saturated heterocycles. The fourth-order valence-corrected chi connectivity index (χ4v) is 7.73. The molecular weight excluding hydrogens is 743 g/mol. The Kier molecular flexibility index (Phi) is 46.1. The number of carbonyl (C=O) groups is 2. The molecule has 3 atom stereocenters. The molecule has 60 heavy (non-hydrogen) atoms. The number of hydrogen-bond acceptors (Lipinski definition) is 5. The van der Waals surface area contributed by atoms with E-state index < -0.39 is 18.2 Å². The van der Waals surface area contributed by atoms with Crippen LogP contribution in [0.3, 0.4) is 0 Å². The van der Waals surface area contributed by atoms with E-state index in [9.17, 15) is 19.8 Å². The van der Waals surface area contributed by atoms with Gasteiger partial charge in [-0.05, 0) is 63.9 Å². The molecule has 0 fully saturated rings. The van der Waals surface area contributed by atoms with E-state index in [0.717, 1.165) is 70.6 Å². The number of nitrogens with one attached hydrogen (secondary N) is 1. The van der Waals surface area contributed by atoms with Crippen molar-refractivity contribution in [3.05, 3.63) is 48.6 Å². The van der Waals surface area contributed by atoms with Gasteiger partial charge in [-0.2, -0.15) is 0 Å². The molecule has 0 aliphatic rings. The van der Waals surface area contributed by atoms with E-state index in [1.54, 1.807) is 0 Å². The van der Waals surface area contributed by atoms with E-state index in [-0.39, 0.29) is 24.9 Å². The summed E-state index contributed by atoms with van der Waals surface area (Å²) in [4.78, 5) is 26.0. The van der Waals surface area contributed by atoms with Gasteiger partial charge in [-0.15, -0.1) is 0 Å². The maximum atomic E-state index is 13.2. The van der Waals surface area contributed by atoms with Crippen molar-refractivity contribution in [1.82, 2.24) is 5.32 Å². The summed E-state index contributed by atoms with van der Waals surface area (Å²) in [6.45, 7) is 6.35. The van der Waals surface area contributed by atoms with Crippen LogP contribution >= 0.6 is 0 Å². The van der Waals surface area contributed by atoms with Gasteiger partial charge in [0.2, 0.25) is 5.91 Å². The summed E-state index contributed by atoms with van der Waals surface area (Å²) >= 11 is 0. The highest BCUT2D eigenvalue weighted by Crippen LogP contribution is 2.16. The fourth-order valence-electron chi connectivity index (χ4n) is 7.73. The van der Waals surface area contributed by atoms with Gasteiger partial charge in [-0.25, -0.2) is 0 Å². The molecule has 350 valence electrons. The molecule has 0 aromatic rings. The number of allylic oxidation sites excluding steroid dienone is 7. The van der Waals surface area contributed by atoms with Gasteiger partial charge >= 0.3 is 5.97 Å². The normalized spacial score (nSPS) is 13.6. The number of rotatable bonds is 46. The van der Waals surface area contributed by atoms with Crippen molar-refractivity contribution in [3.8, 4) is 0 Å². The highest BCUT2D eigenvalue weighted by atomic mass is 16.5. The molecule has 1 amide bonds. The third-order valence-electron chi connectivity index (χ3n) is 11.6. The Hall–Kier alpha value is -2.18. The zero-order valence-corrected chi connectivity index (χ0v) is 39.8. The van der Waals surface area contributed by atoms with E-state index in [4.69, 9.17) is 4.74 Å². The average molecular weight is 842 g/mol. The molecule has 0 heterocycles. The molecule has 0 bridgehead atoms. The molecule has 0 aromatic heterocycles. The molecular formula is C54H99NO5. The standard InChI is InChI=1S/C54H99NO5/c1-4-7-10-13-16-19-22-24-26-27-28-31-34-37-40-43-46-52(57)51(49-56)55-53(58)48-50(45-42-39-36-33-30-21-18-15-12-9-6-3)60-54(59)47-44-41-38-35-32-29-25-23-20-17-14-11-8-5-2/h8,11,17,20,33,36,42,45,50-52,56-57H,4-7,9-10,12-16,18-19,21-32,34-35,37-41,43-44,46-49H2,1-3H3,(H,55,58)/b11-8+,20-17+,36-33-,45-42+. The topological polar surface area (TPSA) is 95.9 Å². The van der Waals surface area contributed by atoms with Crippen molar-refractivity contribution in [3.63, 3.8) is 0 Å². The second-order valence-corrected chi connectivity index (χ2v) is 17.5. The first-order valence-corrected chi connectivity index (χ1v) is 25.9. The van der Waals surface area contributed by atoms with Crippen LogP contribution in [0.1, 0.15) is 258 Å². The van der Waals surface area contributed by atoms with Crippen LogP contribution in [0.5, 0.6) is 0 Å². The van der Waals surface area contributed by atoms with Crippen molar-refractivity contribution in [2.24, 2.45) is 0 Å². The smallest absolute Gasteiger partial charge is 0.306 e. The maximum Gasteiger partial charge on any atom is 0.306 e. The van der Waals surface area contributed by atoms with Crippen molar-refractivity contribution in [2.75, 3.05) is 6.61 Å². The quantitative estimate of drug-likeness (QED) is 0.0322. The minimum absolute atomic E-state index is 0.0311. The second-order valence-electron chi connectivity index (χ2n) is 17.5. The second kappa shape index (κ2) is 47.9. The summed E-state index contributed by atoms with van der Waals surface area (Å²) in [5.74, 6) is -0.608. The molecule has 3 unspecified atom stereocenters. The van der Waals surface area contributed by atoms with Gasteiger partial charge in [0.25, 0.3) is 0 Å². The lowest BCUT2D eigenvalue weighted by molar-refractivity contribution is -0.148. The van der Waals surface area contributed by atoms with E-state index in [1.165, 1.54) is 148 Å². The Balaban J connectivity index is 4.56. The van der Waals surface area contributed by atoms with Gasteiger partial charge in [0.15, 0.2) is 0 Å². The number of carbonyl (C=O) groups excluding carboxylic acids is 2. The van der Waals surface area contributed by atoms with Crippen molar-refractivity contribution in [2.45, 2.75) is 277 Å². The summed E-state index contributed by atoms with van der Waals surface area (Å²) in [6, 6.07) is -0.733. The lowest BCUT2D eigenvalue weighted by atomic mass is 10.0. The van der Waals surface area contributed by atoms with Crippen molar-refractivity contribution < 1.29 is 24.5 Å². The highest BCUT2D eigenvalue weighted by molar-refractivity contribution is 5.78. The zero-order chi connectivity index (χ0) is 43.8. The van der Waals surface area contributed by atoms with Gasteiger partial charge in [-0.3, -0.25) is 9.59 Å². The molecule has 0 saturated carbocycles. The van der Waals surface area contributed by atoms with Crippen molar-refractivity contribution in [1.29, 1.82) is 0 Å². The third kappa shape index (κ3) is 42.5. The average Bonchev–Trinajstić information content (AvgIpc) is 3.24. The largest absolute Gasteiger partial charge is 0.458 e. The minimum atomic E-state index is -0.811. The molecule has 0 aliphatic heterocycles. The Morgan fingerprint density at radius 3 is 1.40 bits per heavy atom. The number of esters is 1. The third-order valence-corrected chi connectivity index (χ3v) is 11.6. The summed E-state index contributed by atoms with van der Waals surface area (Å²) in [7, 11) is 0. The summed E-state index contributed by atoms with van der Waals surface area (Å²) in [6.07, 6.45) is 57.8. The molecule has 6 nitrogen and oxygen atoms in total. The summed E-state index contributed by atoms with van der Waals surface area (Å²) in [5, 5.41) is 23.7. The summed E-state index contributed by atoms with van der Waals surface area (Å²) in [5.41, 5.74) is 0. The van der Waals surface area contributed by atoms with E-state index in [1.807, 2.05) is 12.2 Å². The van der Waals surface area contributed by atoms with Gasteiger partial charge in [0.1, 0.15) is 6.10 Å². The molecule has 3 N–H and O–H groups in total. The van der Waals surface area contributed by atoms with E-state index in [0.29, 0.717) is 12.8 Å². The predicted molar refractivity (Wildman–Crippen MR) is 259 cm³/mol. The van der Waals surface area contributed by atoms with Gasteiger partial charge in [0.05, 0.1) is 25.2 Å². The van der Waals surface area contributed by atoms with Crippen LogP contribution in [0, 0.1) is 0 Å². The molecule has 6 heteroatoms. The van der Waals surface area contributed by atoms with Crippen LogP contribution in [0.15, 0.2) is 48.6 Å². The van der Waals surface area contributed by atoms with Gasteiger partial charge in [0, 0.05) is 6.42 Å². The number of amides is 1. The van der Waals surface area contributed by atoms with E-state index >= 15 is 0 Å². The van der Waals surface area contributed by atoms with Crippen molar-refractivity contribution >= 4 is 11.9 Å². The SMILES string of the molecule is CC/C=C/C/C=C/CCCCCCCCCC(=O)OC(/C=C/C/C=C\CCCCCCCC)CC(=O)NC(CO)C(O)CCCCCCCCCCCCCCCCCC. The van der Waals surface area contributed by atoms with Gasteiger partial charge < -0.3 is 20.3 Å². The number of hydrogen-bond donors (Lipinski definition) is 3. The highest BCUT2D eigenvalue weighted by Gasteiger charge is 2.23. The first-order valence-electron chi connectivity index (χ1n) is 25.9. The Morgan fingerprint density at radius 2 is 0.933 bits per heavy atom. The van der Waals surface area contributed by atoms with Crippen LogP contribution in [0.2, 0.25) is 0 Å². The molecule has 0 aromatic carbocycles. The minimum Gasteiger partial charge on any atom is -0.458 e. The van der Waals surface area contributed by atoms with Gasteiger partial charge in [-0.1, -0.05) is 230 Å².